The number of piperidine rings is 1. The molecule has 0 bridgehead atoms. The maximum absolute atomic E-state index is 12.7. The lowest BCUT2D eigenvalue weighted by atomic mass is 10.2. The van der Waals surface area contributed by atoms with Crippen LogP contribution in [-0.2, 0) is 16.6 Å². The van der Waals surface area contributed by atoms with Crippen molar-refractivity contribution in [2.24, 2.45) is 0 Å². The van der Waals surface area contributed by atoms with E-state index in [-0.39, 0.29) is 0 Å². The number of rotatable bonds is 7. The maximum atomic E-state index is 12.7. The van der Waals surface area contributed by atoms with Crippen LogP contribution in [0, 0.1) is 6.92 Å². The zero-order valence-electron chi connectivity index (χ0n) is 12.8. The van der Waals surface area contributed by atoms with Crippen LogP contribution in [0.15, 0.2) is 10.3 Å². The summed E-state index contributed by atoms with van der Waals surface area (Å²) in [6, 6.07) is 0. The van der Waals surface area contributed by atoms with Gasteiger partial charge in [0.1, 0.15) is 4.90 Å². The molecular weight excluding hydrogens is 306 g/mol. The van der Waals surface area contributed by atoms with E-state index in [0.29, 0.717) is 11.4 Å². The van der Waals surface area contributed by atoms with Gasteiger partial charge in [-0.05, 0) is 43.7 Å². The first kappa shape index (κ1) is 16.9. The van der Waals surface area contributed by atoms with E-state index in [4.69, 9.17) is 0 Å². The largest absolute Gasteiger partial charge is 0.312 e. The predicted octanol–water partition coefficient (Wildman–Crippen LogP) is 2.24. The van der Waals surface area contributed by atoms with Crippen molar-refractivity contribution < 1.29 is 8.42 Å². The van der Waals surface area contributed by atoms with Crippen molar-refractivity contribution in [1.82, 2.24) is 15.2 Å². The zero-order valence-corrected chi connectivity index (χ0v) is 14.4. The summed E-state index contributed by atoms with van der Waals surface area (Å²) in [5, 5.41) is 7.04. The van der Waals surface area contributed by atoms with Gasteiger partial charge in [0.2, 0.25) is 0 Å². The molecule has 0 spiro atoms. The minimum absolute atomic E-state index is 0.460. The van der Waals surface area contributed by atoms with Crippen LogP contribution in [-0.4, -0.2) is 33.1 Å². The third-order valence-electron chi connectivity index (χ3n) is 3.58. The van der Waals surface area contributed by atoms with Crippen LogP contribution < -0.4 is 10.1 Å². The molecule has 0 amide bonds. The van der Waals surface area contributed by atoms with Crippen LogP contribution in [0.1, 0.15) is 43.0 Å². The lowest BCUT2D eigenvalue weighted by molar-refractivity contribution is 0.200. The molecule has 2 heterocycles. The number of aryl methyl sites for hydroxylation is 1. The fraction of sp³-hybridized carbons (Fsp3) is 0.714. The topological polar surface area (TPSA) is 61.4 Å². The van der Waals surface area contributed by atoms with Crippen LogP contribution in [0.5, 0.6) is 0 Å². The second kappa shape index (κ2) is 7.69. The second-order valence-electron chi connectivity index (χ2n) is 5.49. The molecule has 0 saturated carbocycles. The Morgan fingerprint density at radius 1 is 1.29 bits per heavy atom. The molecule has 1 saturated heterocycles. The van der Waals surface area contributed by atoms with Crippen molar-refractivity contribution in [3.8, 4) is 0 Å². The van der Waals surface area contributed by atoms with Gasteiger partial charge in [0.15, 0.2) is 0 Å². The third kappa shape index (κ3) is 4.50. The summed E-state index contributed by atoms with van der Waals surface area (Å²) in [7, 11) is -3.47. The number of thiophene rings is 1. The van der Waals surface area contributed by atoms with E-state index in [1.54, 1.807) is 0 Å². The van der Waals surface area contributed by atoms with Gasteiger partial charge in [0.25, 0.3) is 10.0 Å². The Kier molecular flexibility index (Phi) is 6.19. The Bertz CT molecular complexity index is 549. The van der Waals surface area contributed by atoms with Crippen molar-refractivity contribution in [2.75, 3.05) is 19.6 Å². The number of hydrogen-bond donors (Lipinski definition) is 2. The van der Waals surface area contributed by atoms with Crippen LogP contribution in [0.2, 0.25) is 0 Å². The molecule has 1 aliphatic heterocycles. The normalized spacial score (nSPS) is 17.2. The molecule has 1 aromatic heterocycles. The van der Waals surface area contributed by atoms with Gasteiger partial charge in [0.05, 0.1) is 0 Å². The maximum Gasteiger partial charge on any atom is 0.254 e. The van der Waals surface area contributed by atoms with E-state index >= 15 is 0 Å². The summed E-state index contributed by atoms with van der Waals surface area (Å²) >= 11 is 1.52. The van der Waals surface area contributed by atoms with Gasteiger partial charge in [-0.1, -0.05) is 13.3 Å². The highest BCUT2D eigenvalue weighted by Gasteiger charge is 2.25. The first-order valence-corrected chi connectivity index (χ1v) is 9.96. The average Bonchev–Trinajstić information content (AvgIpc) is 2.82. The number of hydrazine groups is 1. The first-order valence-electron chi connectivity index (χ1n) is 7.59. The van der Waals surface area contributed by atoms with E-state index in [1.165, 1.54) is 17.8 Å². The average molecular weight is 332 g/mol. The zero-order chi connectivity index (χ0) is 15.3. The number of nitrogens with zero attached hydrogens (tertiary/aromatic N) is 1. The highest BCUT2D eigenvalue weighted by atomic mass is 32.2. The SMILES string of the molecule is CCCNCc1scc(C)c1S(=O)(=O)NN1CCCCC1. The van der Waals surface area contributed by atoms with Gasteiger partial charge in [0, 0.05) is 24.5 Å². The summed E-state index contributed by atoms with van der Waals surface area (Å²) in [4.78, 5) is 4.11. The molecule has 1 aliphatic rings. The lowest BCUT2D eigenvalue weighted by Crippen LogP contribution is -2.45. The Morgan fingerprint density at radius 2 is 2.00 bits per heavy atom. The van der Waals surface area contributed by atoms with E-state index in [0.717, 1.165) is 49.3 Å². The molecule has 0 aliphatic carbocycles. The van der Waals surface area contributed by atoms with E-state index in [9.17, 15) is 8.42 Å². The molecule has 5 nitrogen and oxygen atoms in total. The molecule has 21 heavy (non-hydrogen) atoms. The molecule has 2 rings (SSSR count). The van der Waals surface area contributed by atoms with E-state index < -0.39 is 10.0 Å². The third-order valence-corrected chi connectivity index (χ3v) is 6.41. The van der Waals surface area contributed by atoms with Gasteiger partial charge < -0.3 is 5.32 Å². The molecule has 0 atom stereocenters. The summed E-state index contributed by atoms with van der Waals surface area (Å²) in [5.41, 5.74) is 0.831. The number of hydrogen-bond acceptors (Lipinski definition) is 5. The highest BCUT2D eigenvalue weighted by molar-refractivity contribution is 7.89. The van der Waals surface area contributed by atoms with Crippen molar-refractivity contribution in [2.45, 2.75) is 51.0 Å². The van der Waals surface area contributed by atoms with Gasteiger partial charge in [-0.2, -0.15) is 0 Å². The Balaban J connectivity index is 2.12. The Morgan fingerprint density at radius 3 is 2.67 bits per heavy atom. The number of sulfonamides is 1. The van der Waals surface area contributed by atoms with Gasteiger partial charge in [-0.15, -0.1) is 16.2 Å². The van der Waals surface area contributed by atoms with Crippen molar-refractivity contribution in [3.05, 3.63) is 15.8 Å². The quantitative estimate of drug-likeness (QED) is 0.752. The van der Waals surface area contributed by atoms with Gasteiger partial charge >= 0.3 is 0 Å². The van der Waals surface area contributed by atoms with Crippen LogP contribution >= 0.6 is 11.3 Å². The Hall–Kier alpha value is -0.470. The molecule has 2 N–H and O–H groups in total. The van der Waals surface area contributed by atoms with Gasteiger partial charge in [-0.3, -0.25) is 0 Å². The smallest absolute Gasteiger partial charge is 0.254 e. The van der Waals surface area contributed by atoms with Gasteiger partial charge in [-0.25, -0.2) is 13.4 Å². The van der Waals surface area contributed by atoms with Crippen molar-refractivity contribution in [1.29, 1.82) is 0 Å². The lowest BCUT2D eigenvalue weighted by Gasteiger charge is -2.26. The first-order chi connectivity index (χ1) is 10.0. The standard InChI is InChI=1S/C14H25N3O2S2/c1-3-7-15-10-13-14(12(2)11-20-13)21(18,19)16-17-8-5-4-6-9-17/h11,15-16H,3-10H2,1-2H3. The summed E-state index contributed by atoms with van der Waals surface area (Å²) in [6.45, 7) is 7.07. The second-order valence-corrected chi connectivity index (χ2v) is 8.05. The molecule has 0 unspecified atom stereocenters. The Labute approximate surface area is 131 Å². The summed E-state index contributed by atoms with van der Waals surface area (Å²) in [6.07, 6.45) is 4.33. The molecular formula is C14H25N3O2S2. The minimum atomic E-state index is -3.47. The molecule has 0 radical (unpaired) electrons. The van der Waals surface area contributed by atoms with Crippen LogP contribution in [0.4, 0.5) is 0 Å². The molecule has 120 valence electrons. The minimum Gasteiger partial charge on any atom is -0.312 e. The molecule has 1 fully saturated rings. The van der Waals surface area contributed by atoms with Crippen LogP contribution in [0.3, 0.4) is 0 Å². The monoisotopic (exact) mass is 331 g/mol. The van der Waals surface area contributed by atoms with E-state index in [2.05, 4.69) is 17.1 Å². The van der Waals surface area contributed by atoms with Crippen molar-refractivity contribution in [3.63, 3.8) is 0 Å². The van der Waals surface area contributed by atoms with Crippen LogP contribution in [0.25, 0.3) is 0 Å². The summed E-state index contributed by atoms with van der Waals surface area (Å²) < 4.78 is 25.3. The van der Waals surface area contributed by atoms with Crippen molar-refractivity contribution >= 4 is 21.4 Å². The molecule has 7 heteroatoms. The molecule has 0 aromatic carbocycles. The predicted molar refractivity (Wildman–Crippen MR) is 86.8 cm³/mol. The highest BCUT2D eigenvalue weighted by Crippen LogP contribution is 2.27. The van der Waals surface area contributed by atoms with E-state index in [1.807, 2.05) is 17.3 Å². The molecule has 1 aromatic rings. The fourth-order valence-corrected chi connectivity index (χ4v) is 5.46. The fourth-order valence-electron chi connectivity index (χ4n) is 2.55. The summed E-state index contributed by atoms with van der Waals surface area (Å²) in [5.74, 6) is 0. The number of nitrogens with one attached hydrogen (secondary N) is 2.